The predicted octanol–water partition coefficient (Wildman–Crippen LogP) is 4.05. The lowest BCUT2D eigenvalue weighted by Crippen LogP contribution is -2.60. The molecule has 2 saturated carbocycles. The van der Waals surface area contributed by atoms with Gasteiger partial charge in [-0.2, -0.15) is 0 Å². The predicted molar refractivity (Wildman–Crippen MR) is 137 cm³/mol. The van der Waals surface area contributed by atoms with Crippen molar-refractivity contribution in [1.29, 1.82) is 0 Å². The van der Waals surface area contributed by atoms with Gasteiger partial charge in [-0.15, -0.1) is 0 Å². The van der Waals surface area contributed by atoms with E-state index in [9.17, 15) is 29.4 Å². The van der Waals surface area contributed by atoms with Crippen molar-refractivity contribution in [3.63, 3.8) is 0 Å². The van der Waals surface area contributed by atoms with Crippen LogP contribution in [0.3, 0.4) is 0 Å². The number of Topliss-reactive ketones (excluding diaryl/α,β-unsaturated/α-hetero) is 3. The minimum Gasteiger partial charge on any atom is -0.478 e. The number of ketones is 3. The average Bonchev–Trinajstić information content (AvgIpc) is 2.99. The zero-order valence-corrected chi connectivity index (χ0v) is 23.2. The van der Waals surface area contributed by atoms with Crippen molar-refractivity contribution in [1.82, 2.24) is 0 Å². The van der Waals surface area contributed by atoms with Crippen LogP contribution in [-0.4, -0.2) is 50.8 Å². The molecular weight excluding hydrogens is 472 g/mol. The molecule has 7 nitrogen and oxygen atoms in total. The fourth-order valence-corrected chi connectivity index (χ4v) is 8.89. The Hall–Kier alpha value is -2.12. The molecule has 0 aromatic heterocycles. The number of rotatable bonds is 5. The molecule has 204 valence electrons. The summed E-state index contributed by atoms with van der Waals surface area (Å²) in [6.07, 6.45) is 1.32. The van der Waals surface area contributed by atoms with Crippen molar-refractivity contribution >= 4 is 23.3 Å². The van der Waals surface area contributed by atoms with Crippen LogP contribution < -0.4 is 0 Å². The lowest BCUT2D eigenvalue weighted by molar-refractivity contribution is -0.146. The molecule has 2 fully saturated rings. The third kappa shape index (κ3) is 3.75. The molecule has 7 heteroatoms. The second kappa shape index (κ2) is 8.70. The number of aliphatic hydroxyl groups is 2. The van der Waals surface area contributed by atoms with Gasteiger partial charge in [-0.25, -0.2) is 4.79 Å². The number of aliphatic hydroxyl groups excluding tert-OH is 2. The molecule has 4 aliphatic rings. The van der Waals surface area contributed by atoms with E-state index in [-0.39, 0.29) is 59.9 Å². The van der Waals surface area contributed by atoms with Crippen molar-refractivity contribution in [2.75, 3.05) is 0 Å². The molecule has 4 aliphatic carbocycles. The molecule has 8 atom stereocenters. The van der Waals surface area contributed by atoms with Crippen molar-refractivity contribution in [2.24, 2.45) is 39.4 Å². The molecule has 0 radical (unpaired) electrons. The maximum atomic E-state index is 14.0. The zero-order chi connectivity index (χ0) is 27.9. The second-order valence-corrected chi connectivity index (χ2v) is 13.5. The molecule has 0 spiro atoms. The lowest BCUT2D eigenvalue weighted by Gasteiger charge is -2.60. The van der Waals surface area contributed by atoms with Crippen LogP contribution >= 0.6 is 0 Å². The number of hydrogen-bond donors (Lipinski definition) is 3. The average molecular weight is 515 g/mol. The molecule has 0 bridgehead atoms. The summed E-state index contributed by atoms with van der Waals surface area (Å²) in [5.74, 6) is -1.52. The van der Waals surface area contributed by atoms with Crippen LogP contribution in [-0.2, 0) is 19.2 Å². The van der Waals surface area contributed by atoms with Gasteiger partial charge in [0.25, 0.3) is 0 Å². The minimum absolute atomic E-state index is 0.00541. The van der Waals surface area contributed by atoms with E-state index in [0.717, 1.165) is 0 Å². The molecule has 4 rings (SSSR count). The molecule has 0 aliphatic heterocycles. The Morgan fingerprint density at radius 1 is 1.11 bits per heavy atom. The van der Waals surface area contributed by atoms with E-state index in [2.05, 4.69) is 0 Å². The summed E-state index contributed by atoms with van der Waals surface area (Å²) in [6.45, 7) is 13.1. The Balaban J connectivity index is 1.77. The number of aliphatic carboxylic acids is 1. The van der Waals surface area contributed by atoms with Crippen molar-refractivity contribution < 1.29 is 34.5 Å². The number of carboxylic acids is 1. The first kappa shape index (κ1) is 27.9. The molecule has 0 aromatic carbocycles. The van der Waals surface area contributed by atoms with E-state index in [1.165, 1.54) is 13.0 Å². The summed E-state index contributed by atoms with van der Waals surface area (Å²) < 4.78 is 0. The van der Waals surface area contributed by atoms with Crippen LogP contribution in [0.2, 0.25) is 0 Å². The van der Waals surface area contributed by atoms with Crippen LogP contribution in [0.5, 0.6) is 0 Å². The number of carboxylic acid groups (broad SMARTS) is 1. The van der Waals surface area contributed by atoms with E-state index in [1.807, 2.05) is 41.5 Å². The Morgan fingerprint density at radius 3 is 2.32 bits per heavy atom. The Kier molecular flexibility index (Phi) is 6.56. The van der Waals surface area contributed by atoms with Crippen molar-refractivity contribution in [2.45, 2.75) is 99.2 Å². The highest BCUT2D eigenvalue weighted by Crippen LogP contribution is 2.70. The van der Waals surface area contributed by atoms with E-state index in [1.54, 1.807) is 0 Å². The summed E-state index contributed by atoms with van der Waals surface area (Å²) in [5.41, 5.74) is -1.80. The molecular formula is C30H42O7. The summed E-state index contributed by atoms with van der Waals surface area (Å²) in [4.78, 5) is 51.9. The Morgan fingerprint density at radius 2 is 1.73 bits per heavy atom. The van der Waals surface area contributed by atoms with Crippen LogP contribution in [0.4, 0.5) is 0 Å². The largest absolute Gasteiger partial charge is 0.478 e. The molecule has 0 saturated heterocycles. The molecule has 5 unspecified atom stereocenters. The lowest BCUT2D eigenvalue weighted by atomic mass is 9.42. The number of hydrogen-bond acceptors (Lipinski definition) is 6. The highest BCUT2D eigenvalue weighted by molar-refractivity contribution is 6.05. The van der Waals surface area contributed by atoms with Gasteiger partial charge in [0, 0.05) is 41.2 Å². The van der Waals surface area contributed by atoms with Gasteiger partial charge in [0.15, 0.2) is 5.78 Å². The summed E-state index contributed by atoms with van der Waals surface area (Å²) in [7, 11) is 0. The van der Waals surface area contributed by atoms with Gasteiger partial charge < -0.3 is 15.3 Å². The first-order valence-corrected chi connectivity index (χ1v) is 13.6. The first-order chi connectivity index (χ1) is 16.9. The SMILES string of the molecule is C/C(=C\C(O)C[C@@H](C)C1CC(=O)[C@@]2(C)C3=C(C(=O)CC12C)C1(C)CCC(=O)C(C)(C)C1C[C@@H]3O)C(=O)O. The second-order valence-electron chi connectivity index (χ2n) is 13.5. The Labute approximate surface area is 219 Å². The van der Waals surface area contributed by atoms with Gasteiger partial charge in [-0.05, 0) is 67.9 Å². The zero-order valence-electron chi connectivity index (χ0n) is 23.2. The van der Waals surface area contributed by atoms with Crippen molar-refractivity contribution in [3.8, 4) is 0 Å². The smallest absolute Gasteiger partial charge is 0.331 e. The van der Waals surface area contributed by atoms with E-state index >= 15 is 0 Å². The number of carbonyl (C=O) groups excluding carboxylic acids is 3. The fraction of sp³-hybridized carbons (Fsp3) is 0.733. The number of allylic oxidation sites excluding steroid dienone is 1. The Bertz CT molecular complexity index is 1130. The topological polar surface area (TPSA) is 129 Å². The highest BCUT2D eigenvalue weighted by atomic mass is 16.4. The highest BCUT2D eigenvalue weighted by Gasteiger charge is 2.70. The number of fused-ring (bicyclic) bond motifs is 4. The maximum Gasteiger partial charge on any atom is 0.331 e. The van der Waals surface area contributed by atoms with Gasteiger partial charge >= 0.3 is 5.97 Å². The third-order valence-electron chi connectivity index (χ3n) is 11.2. The van der Waals surface area contributed by atoms with Gasteiger partial charge in [-0.3, -0.25) is 14.4 Å². The summed E-state index contributed by atoms with van der Waals surface area (Å²) in [6, 6.07) is 0. The normalized spacial score (nSPS) is 41.2. The van der Waals surface area contributed by atoms with Gasteiger partial charge in [0.2, 0.25) is 0 Å². The molecule has 0 aromatic rings. The van der Waals surface area contributed by atoms with Crippen LogP contribution in [0, 0.1) is 39.4 Å². The summed E-state index contributed by atoms with van der Waals surface area (Å²) >= 11 is 0. The quantitative estimate of drug-likeness (QED) is 0.472. The molecule has 0 heterocycles. The van der Waals surface area contributed by atoms with E-state index in [4.69, 9.17) is 5.11 Å². The van der Waals surface area contributed by atoms with E-state index in [0.29, 0.717) is 30.4 Å². The van der Waals surface area contributed by atoms with E-state index < -0.39 is 39.8 Å². The number of carbonyl (C=O) groups is 4. The summed E-state index contributed by atoms with van der Waals surface area (Å²) in [5, 5.41) is 31.3. The monoisotopic (exact) mass is 514 g/mol. The van der Waals surface area contributed by atoms with Crippen LogP contribution in [0.25, 0.3) is 0 Å². The molecule has 37 heavy (non-hydrogen) atoms. The molecule has 0 amide bonds. The van der Waals surface area contributed by atoms with Gasteiger partial charge in [0.05, 0.1) is 17.6 Å². The first-order valence-electron chi connectivity index (χ1n) is 13.6. The van der Waals surface area contributed by atoms with Crippen LogP contribution in [0.15, 0.2) is 22.8 Å². The standard InChI is InChI=1S/C30H42O7/c1-15(10-17(31)11-16(2)26(36)37)18-12-23(35)30(7)25-19(32)13-21-27(3,4)22(34)8-9-28(21,5)24(25)20(33)14-29(18,30)6/h11,15,17-19,21,31-32H,8-10,12-14H2,1-7H3,(H,36,37)/b16-11+/t15-,17?,18?,19+,21?,28?,29?,30+/m1/s1. The fourth-order valence-electron chi connectivity index (χ4n) is 8.89. The third-order valence-corrected chi connectivity index (χ3v) is 11.2. The van der Waals surface area contributed by atoms with Gasteiger partial charge in [0.1, 0.15) is 11.6 Å². The van der Waals surface area contributed by atoms with Crippen LogP contribution in [0.1, 0.15) is 87.0 Å². The van der Waals surface area contributed by atoms with Gasteiger partial charge in [-0.1, -0.05) is 34.6 Å². The maximum absolute atomic E-state index is 14.0. The molecule has 3 N–H and O–H groups in total. The minimum atomic E-state index is -1.09. The van der Waals surface area contributed by atoms with Crippen molar-refractivity contribution in [3.05, 3.63) is 22.8 Å².